The van der Waals surface area contributed by atoms with Gasteiger partial charge in [-0.3, -0.25) is 9.59 Å². The standard InChI is InChI=1S/C20H23N3O2/c21-19(24)16-13-18(22-14-16)20(25)23-12-6-2-5-9-17(23)11-10-15-7-3-1-4-8-15/h1,3-4,7-8,10-11,13-14,17,22H,2,5-6,9,12H2,(H2,21,24)/b11-10+. The fourth-order valence-corrected chi connectivity index (χ4v) is 3.19. The molecule has 0 aliphatic carbocycles. The highest BCUT2D eigenvalue weighted by Gasteiger charge is 2.25. The van der Waals surface area contributed by atoms with Crippen LogP contribution >= 0.6 is 0 Å². The molecule has 1 aliphatic heterocycles. The Labute approximate surface area is 147 Å². The Morgan fingerprint density at radius 2 is 1.96 bits per heavy atom. The summed E-state index contributed by atoms with van der Waals surface area (Å²) in [6.45, 7) is 0.716. The summed E-state index contributed by atoms with van der Waals surface area (Å²) >= 11 is 0. The Balaban J connectivity index is 1.80. The van der Waals surface area contributed by atoms with Crippen molar-refractivity contribution in [3.05, 3.63) is 65.5 Å². The number of nitrogens with two attached hydrogens (primary N) is 1. The molecular formula is C20H23N3O2. The smallest absolute Gasteiger partial charge is 0.270 e. The van der Waals surface area contributed by atoms with Crippen LogP contribution in [0.5, 0.6) is 0 Å². The Morgan fingerprint density at radius 1 is 1.16 bits per heavy atom. The Morgan fingerprint density at radius 3 is 2.68 bits per heavy atom. The van der Waals surface area contributed by atoms with Crippen LogP contribution in [-0.4, -0.2) is 34.3 Å². The zero-order chi connectivity index (χ0) is 17.6. The third-order valence-corrected chi connectivity index (χ3v) is 4.57. The van der Waals surface area contributed by atoms with Crippen LogP contribution in [0.15, 0.2) is 48.7 Å². The molecule has 1 unspecified atom stereocenters. The number of H-pyrrole nitrogens is 1. The van der Waals surface area contributed by atoms with Gasteiger partial charge in [0.15, 0.2) is 0 Å². The number of carbonyl (C=O) groups is 2. The fraction of sp³-hybridized carbons (Fsp3) is 0.300. The minimum Gasteiger partial charge on any atom is -0.366 e. The number of aromatic nitrogens is 1. The van der Waals surface area contributed by atoms with Crippen LogP contribution in [0.2, 0.25) is 0 Å². The highest BCUT2D eigenvalue weighted by atomic mass is 16.2. The Kier molecular flexibility index (Phi) is 5.33. The molecule has 1 fully saturated rings. The van der Waals surface area contributed by atoms with E-state index < -0.39 is 5.91 Å². The molecule has 1 aliphatic rings. The van der Waals surface area contributed by atoms with Crippen molar-refractivity contribution in [1.29, 1.82) is 0 Å². The highest BCUT2D eigenvalue weighted by Crippen LogP contribution is 2.21. The van der Waals surface area contributed by atoms with E-state index in [0.717, 1.165) is 31.2 Å². The normalized spacial score (nSPS) is 18.2. The van der Waals surface area contributed by atoms with Gasteiger partial charge >= 0.3 is 0 Å². The molecule has 3 N–H and O–H groups in total. The van der Waals surface area contributed by atoms with Gasteiger partial charge in [0.1, 0.15) is 5.69 Å². The number of hydrogen-bond acceptors (Lipinski definition) is 2. The number of nitrogens with one attached hydrogen (secondary N) is 1. The first-order valence-corrected chi connectivity index (χ1v) is 8.67. The fourth-order valence-electron chi connectivity index (χ4n) is 3.19. The third kappa shape index (κ3) is 4.18. The maximum absolute atomic E-state index is 12.9. The van der Waals surface area contributed by atoms with Gasteiger partial charge in [0.25, 0.3) is 5.91 Å². The minimum absolute atomic E-state index is 0.0514. The second kappa shape index (κ2) is 7.83. The summed E-state index contributed by atoms with van der Waals surface area (Å²) in [5, 5.41) is 0. The third-order valence-electron chi connectivity index (χ3n) is 4.57. The molecule has 3 rings (SSSR count). The van der Waals surface area contributed by atoms with E-state index in [9.17, 15) is 9.59 Å². The quantitative estimate of drug-likeness (QED) is 0.898. The summed E-state index contributed by atoms with van der Waals surface area (Å²) in [6.07, 6.45) is 9.82. The molecule has 2 heterocycles. The van der Waals surface area contributed by atoms with Crippen molar-refractivity contribution in [3.8, 4) is 0 Å². The number of hydrogen-bond donors (Lipinski definition) is 2. The van der Waals surface area contributed by atoms with Gasteiger partial charge in [0.05, 0.1) is 11.6 Å². The number of carbonyl (C=O) groups excluding carboxylic acids is 2. The topological polar surface area (TPSA) is 79.2 Å². The van der Waals surface area contributed by atoms with Crippen LogP contribution in [0, 0.1) is 0 Å². The molecule has 2 amide bonds. The van der Waals surface area contributed by atoms with Crippen molar-refractivity contribution in [2.24, 2.45) is 5.73 Å². The summed E-state index contributed by atoms with van der Waals surface area (Å²) in [5.74, 6) is -0.621. The molecular weight excluding hydrogens is 314 g/mol. The van der Waals surface area contributed by atoms with Gasteiger partial charge in [-0.05, 0) is 24.5 Å². The van der Waals surface area contributed by atoms with E-state index in [4.69, 9.17) is 5.73 Å². The van der Waals surface area contributed by atoms with E-state index >= 15 is 0 Å². The van der Waals surface area contributed by atoms with Crippen molar-refractivity contribution in [2.45, 2.75) is 31.7 Å². The first-order chi connectivity index (χ1) is 12.1. The Hall–Kier alpha value is -2.82. The van der Waals surface area contributed by atoms with Crippen molar-refractivity contribution < 1.29 is 9.59 Å². The average Bonchev–Trinajstić information content (AvgIpc) is 3.01. The number of nitrogens with zero attached hydrogens (tertiary/aromatic N) is 1. The maximum Gasteiger partial charge on any atom is 0.270 e. The number of rotatable bonds is 4. The highest BCUT2D eigenvalue weighted by molar-refractivity contribution is 5.98. The van der Waals surface area contributed by atoms with Crippen LogP contribution in [0.1, 0.15) is 52.1 Å². The predicted molar refractivity (Wildman–Crippen MR) is 98.1 cm³/mol. The van der Waals surface area contributed by atoms with Crippen molar-refractivity contribution in [1.82, 2.24) is 9.88 Å². The maximum atomic E-state index is 12.9. The van der Waals surface area contributed by atoms with Gasteiger partial charge in [-0.2, -0.15) is 0 Å². The zero-order valence-electron chi connectivity index (χ0n) is 14.2. The zero-order valence-corrected chi connectivity index (χ0v) is 14.2. The minimum atomic E-state index is -0.535. The molecule has 2 aromatic rings. The van der Waals surface area contributed by atoms with Crippen LogP contribution in [-0.2, 0) is 0 Å². The largest absolute Gasteiger partial charge is 0.366 e. The van der Waals surface area contributed by atoms with Gasteiger partial charge in [0, 0.05) is 12.7 Å². The SMILES string of the molecule is NC(=O)c1c[nH]c(C(=O)N2CCCCCC2/C=C/c2ccccc2)c1. The lowest BCUT2D eigenvalue weighted by molar-refractivity contribution is 0.0713. The van der Waals surface area contributed by atoms with Crippen LogP contribution in [0.3, 0.4) is 0 Å². The monoisotopic (exact) mass is 337 g/mol. The number of likely N-dealkylation sites (tertiary alicyclic amines) is 1. The molecule has 5 nitrogen and oxygen atoms in total. The number of aromatic amines is 1. The number of benzene rings is 1. The van der Waals surface area contributed by atoms with Crippen molar-refractivity contribution >= 4 is 17.9 Å². The van der Waals surface area contributed by atoms with Gasteiger partial charge in [-0.1, -0.05) is 55.3 Å². The van der Waals surface area contributed by atoms with E-state index in [0.29, 0.717) is 17.8 Å². The first kappa shape index (κ1) is 17.0. The summed E-state index contributed by atoms with van der Waals surface area (Å²) in [6, 6.07) is 11.7. The van der Waals surface area contributed by atoms with Crippen LogP contribution in [0.4, 0.5) is 0 Å². The molecule has 0 spiro atoms. The van der Waals surface area contributed by atoms with E-state index in [1.165, 1.54) is 12.3 Å². The summed E-state index contributed by atoms with van der Waals surface area (Å²) in [5.41, 5.74) is 7.13. The average molecular weight is 337 g/mol. The lowest BCUT2D eigenvalue weighted by atomic mass is 10.1. The lowest BCUT2D eigenvalue weighted by Gasteiger charge is -2.27. The Bertz CT molecular complexity index is 764. The van der Waals surface area contributed by atoms with Gasteiger partial charge in [-0.15, -0.1) is 0 Å². The molecule has 1 saturated heterocycles. The second-order valence-electron chi connectivity index (χ2n) is 6.35. The van der Waals surface area contributed by atoms with E-state index in [-0.39, 0.29) is 11.9 Å². The molecule has 130 valence electrons. The summed E-state index contributed by atoms with van der Waals surface area (Å²) < 4.78 is 0. The lowest BCUT2D eigenvalue weighted by Crippen LogP contribution is -2.39. The molecule has 0 saturated carbocycles. The second-order valence-corrected chi connectivity index (χ2v) is 6.35. The summed E-state index contributed by atoms with van der Waals surface area (Å²) in [7, 11) is 0. The van der Waals surface area contributed by atoms with Gasteiger partial charge < -0.3 is 15.6 Å². The molecule has 5 heteroatoms. The number of amides is 2. The van der Waals surface area contributed by atoms with Gasteiger partial charge in [0.2, 0.25) is 5.91 Å². The van der Waals surface area contributed by atoms with Crippen molar-refractivity contribution in [2.75, 3.05) is 6.54 Å². The molecule has 1 atom stereocenters. The molecule has 0 radical (unpaired) electrons. The van der Waals surface area contributed by atoms with Crippen LogP contribution < -0.4 is 5.73 Å². The van der Waals surface area contributed by atoms with E-state index in [2.05, 4.69) is 17.1 Å². The van der Waals surface area contributed by atoms with Gasteiger partial charge in [-0.25, -0.2) is 0 Å². The van der Waals surface area contributed by atoms with Crippen molar-refractivity contribution in [3.63, 3.8) is 0 Å². The first-order valence-electron chi connectivity index (χ1n) is 8.67. The molecule has 25 heavy (non-hydrogen) atoms. The molecule has 1 aromatic carbocycles. The van der Waals surface area contributed by atoms with Crippen LogP contribution in [0.25, 0.3) is 6.08 Å². The van der Waals surface area contributed by atoms with E-state index in [1.807, 2.05) is 35.2 Å². The number of primary amides is 1. The predicted octanol–water partition coefficient (Wildman–Crippen LogP) is 3.21. The van der Waals surface area contributed by atoms with E-state index in [1.54, 1.807) is 0 Å². The summed E-state index contributed by atoms with van der Waals surface area (Å²) in [4.78, 5) is 29.0. The molecule has 1 aromatic heterocycles. The molecule has 0 bridgehead atoms.